The third-order valence-electron chi connectivity index (χ3n) is 3.35. The molecule has 0 aliphatic carbocycles. The smallest absolute Gasteiger partial charge is 0.333 e. The minimum absolute atomic E-state index is 0.0146. The highest BCUT2D eigenvalue weighted by atomic mass is 79.9. The van der Waals surface area contributed by atoms with Crippen LogP contribution in [0.2, 0.25) is 10.0 Å². The Morgan fingerprint density at radius 1 is 1.08 bits per heavy atom. The van der Waals surface area contributed by atoms with Gasteiger partial charge in [0.1, 0.15) is 5.70 Å². The van der Waals surface area contributed by atoms with Crippen molar-refractivity contribution < 1.29 is 9.59 Å². The molecule has 122 valence electrons. The van der Waals surface area contributed by atoms with Crippen LogP contribution in [0.4, 0.5) is 21.9 Å². The highest BCUT2D eigenvalue weighted by Crippen LogP contribution is 2.38. The summed E-state index contributed by atoms with van der Waals surface area (Å²) in [5.41, 5.74) is 1.68. The molecular weight excluding hydrogens is 417 g/mol. The number of benzene rings is 2. The molecule has 2 aromatic carbocycles. The van der Waals surface area contributed by atoms with Gasteiger partial charge in [-0.2, -0.15) is 0 Å². The summed E-state index contributed by atoms with van der Waals surface area (Å²) in [4.78, 5) is 24.5. The second-order valence-corrected chi connectivity index (χ2v) is 6.69. The van der Waals surface area contributed by atoms with E-state index in [1.165, 1.54) is 12.1 Å². The fourth-order valence-electron chi connectivity index (χ4n) is 2.21. The number of hydrogen-bond acceptors (Lipinski definition) is 3. The summed E-state index contributed by atoms with van der Waals surface area (Å²) in [7, 11) is 0. The zero-order valence-electron chi connectivity index (χ0n) is 12.1. The number of imide groups is 1. The number of anilines is 3. The number of amides is 3. The van der Waals surface area contributed by atoms with Crippen molar-refractivity contribution in [2.24, 2.45) is 0 Å². The molecule has 3 rings (SSSR count). The van der Waals surface area contributed by atoms with E-state index in [0.717, 1.165) is 15.1 Å². The molecule has 0 atom stereocenters. The summed E-state index contributed by atoms with van der Waals surface area (Å²) in [5.74, 6) is -0.552. The standard InChI is InChI=1S/C16H10BrCl2N3O2/c1-8-15(23)21-16(24)22(8)11-6-12(18)14(13(19)7-11)20-10-4-2-9(17)3-5-10/h2-7,20H,1H2,(H,21,23,24). The maximum Gasteiger partial charge on any atom is 0.333 e. The van der Waals surface area contributed by atoms with Crippen molar-refractivity contribution in [1.82, 2.24) is 5.32 Å². The van der Waals surface area contributed by atoms with Gasteiger partial charge in [0.2, 0.25) is 0 Å². The lowest BCUT2D eigenvalue weighted by molar-refractivity contribution is -0.115. The van der Waals surface area contributed by atoms with Crippen LogP contribution in [-0.2, 0) is 4.79 Å². The second kappa shape index (κ2) is 6.47. The molecule has 0 spiro atoms. The molecule has 24 heavy (non-hydrogen) atoms. The van der Waals surface area contributed by atoms with Gasteiger partial charge < -0.3 is 5.32 Å². The maximum absolute atomic E-state index is 11.9. The van der Waals surface area contributed by atoms with Crippen molar-refractivity contribution in [3.05, 3.63) is 63.2 Å². The molecule has 0 bridgehead atoms. The third-order valence-corrected chi connectivity index (χ3v) is 4.48. The summed E-state index contributed by atoms with van der Waals surface area (Å²) < 4.78 is 0.948. The minimum Gasteiger partial charge on any atom is -0.353 e. The first-order valence-corrected chi connectivity index (χ1v) is 8.27. The predicted molar refractivity (Wildman–Crippen MR) is 99.0 cm³/mol. The molecule has 1 aliphatic rings. The first-order chi connectivity index (χ1) is 11.4. The molecule has 1 fully saturated rings. The number of urea groups is 1. The van der Waals surface area contributed by atoms with Gasteiger partial charge in [0.15, 0.2) is 0 Å². The van der Waals surface area contributed by atoms with E-state index in [4.69, 9.17) is 23.2 Å². The van der Waals surface area contributed by atoms with Crippen molar-refractivity contribution in [3.63, 3.8) is 0 Å². The summed E-state index contributed by atoms with van der Waals surface area (Å²) in [6.07, 6.45) is 0. The average Bonchev–Trinajstić information content (AvgIpc) is 2.77. The van der Waals surface area contributed by atoms with Crippen molar-refractivity contribution >= 4 is 68.1 Å². The Labute approximate surface area is 156 Å². The molecule has 3 amide bonds. The Morgan fingerprint density at radius 3 is 2.17 bits per heavy atom. The fraction of sp³-hybridized carbons (Fsp3) is 0. The van der Waals surface area contributed by atoms with E-state index in [9.17, 15) is 9.59 Å². The lowest BCUT2D eigenvalue weighted by Crippen LogP contribution is -2.27. The van der Waals surface area contributed by atoms with Crippen LogP contribution < -0.4 is 15.5 Å². The molecule has 0 radical (unpaired) electrons. The lowest BCUT2D eigenvalue weighted by Gasteiger charge is -2.18. The topological polar surface area (TPSA) is 61.4 Å². The van der Waals surface area contributed by atoms with Crippen LogP contribution in [-0.4, -0.2) is 11.9 Å². The van der Waals surface area contributed by atoms with Gasteiger partial charge in [-0.05, 0) is 36.4 Å². The minimum atomic E-state index is -0.592. The number of halogens is 3. The van der Waals surface area contributed by atoms with Crippen LogP contribution in [0.1, 0.15) is 0 Å². The van der Waals surface area contributed by atoms with Gasteiger partial charge in [-0.25, -0.2) is 4.79 Å². The second-order valence-electron chi connectivity index (χ2n) is 4.96. The molecular formula is C16H10BrCl2N3O2. The number of hydrogen-bond donors (Lipinski definition) is 2. The SMILES string of the molecule is C=C1C(=O)NC(=O)N1c1cc(Cl)c(Nc2ccc(Br)cc2)c(Cl)c1. The van der Waals surface area contributed by atoms with Crippen LogP contribution in [0.5, 0.6) is 0 Å². The first kappa shape index (κ1) is 16.8. The molecule has 8 heteroatoms. The molecule has 1 aliphatic heterocycles. The molecule has 1 saturated heterocycles. The van der Waals surface area contributed by atoms with Gasteiger partial charge in [-0.15, -0.1) is 0 Å². The molecule has 0 unspecified atom stereocenters. The molecule has 1 heterocycles. The van der Waals surface area contributed by atoms with E-state index < -0.39 is 11.9 Å². The van der Waals surface area contributed by atoms with Crippen molar-refractivity contribution in [1.29, 1.82) is 0 Å². The molecule has 5 nitrogen and oxygen atoms in total. The maximum atomic E-state index is 11.9. The highest BCUT2D eigenvalue weighted by molar-refractivity contribution is 9.10. The fourth-order valence-corrected chi connectivity index (χ4v) is 3.04. The van der Waals surface area contributed by atoms with Crippen LogP contribution >= 0.6 is 39.1 Å². The predicted octanol–water partition coefficient (Wildman–Crippen LogP) is 5.07. The number of carbonyl (C=O) groups is 2. The van der Waals surface area contributed by atoms with Crippen LogP contribution in [0.3, 0.4) is 0 Å². The summed E-state index contributed by atoms with van der Waals surface area (Å²) in [5, 5.41) is 5.89. The number of rotatable bonds is 3. The van der Waals surface area contributed by atoms with E-state index in [1.807, 2.05) is 24.3 Å². The molecule has 0 saturated carbocycles. The zero-order chi connectivity index (χ0) is 17.4. The van der Waals surface area contributed by atoms with E-state index in [2.05, 4.69) is 33.1 Å². The largest absolute Gasteiger partial charge is 0.353 e. The van der Waals surface area contributed by atoms with Gasteiger partial charge in [-0.1, -0.05) is 45.7 Å². The average molecular weight is 427 g/mol. The van der Waals surface area contributed by atoms with Gasteiger partial charge in [0, 0.05) is 10.2 Å². The van der Waals surface area contributed by atoms with E-state index in [0.29, 0.717) is 21.4 Å². The van der Waals surface area contributed by atoms with E-state index >= 15 is 0 Å². The Morgan fingerprint density at radius 2 is 1.67 bits per heavy atom. The quantitative estimate of drug-likeness (QED) is 0.532. The number of carbonyl (C=O) groups excluding carboxylic acids is 2. The van der Waals surface area contributed by atoms with Crippen LogP contribution in [0.25, 0.3) is 0 Å². The van der Waals surface area contributed by atoms with Crippen molar-refractivity contribution in [3.8, 4) is 0 Å². The Hall–Kier alpha value is -2.02. The number of nitrogens with one attached hydrogen (secondary N) is 2. The third kappa shape index (κ3) is 3.13. The van der Waals surface area contributed by atoms with Gasteiger partial charge in [0.25, 0.3) is 5.91 Å². The zero-order valence-corrected chi connectivity index (χ0v) is 15.2. The summed E-state index contributed by atoms with van der Waals surface area (Å²) in [6.45, 7) is 3.59. The molecule has 2 N–H and O–H groups in total. The summed E-state index contributed by atoms with van der Waals surface area (Å²) >= 11 is 16.0. The Bertz CT molecular complexity index is 845. The first-order valence-electron chi connectivity index (χ1n) is 6.73. The molecule has 2 aromatic rings. The molecule has 0 aromatic heterocycles. The van der Waals surface area contributed by atoms with Crippen molar-refractivity contribution in [2.45, 2.75) is 0 Å². The Balaban J connectivity index is 1.94. The van der Waals surface area contributed by atoms with Crippen LogP contribution in [0, 0.1) is 0 Å². The summed E-state index contributed by atoms with van der Waals surface area (Å²) in [6, 6.07) is 9.96. The monoisotopic (exact) mass is 425 g/mol. The van der Waals surface area contributed by atoms with E-state index in [-0.39, 0.29) is 5.70 Å². The highest BCUT2D eigenvalue weighted by Gasteiger charge is 2.33. The van der Waals surface area contributed by atoms with Crippen LogP contribution in [0.15, 0.2) is 53.1 Å². The van der Waals surface area contributed by atoms with Gasteiger partial charge in [0.05, 0.1) is 21.4 Å². The normalized spacial score (nSPS) is 14.1. The Kier molecular flexibility index (Phi) is 4.54. The van der Waals surface area contributed by atoms with Gasteiger partial charge in [-0.3, -0.25) is 15.0 Å². The number of nitrogens with zero attached hydrogens (tertiary/aromatic N) is 1. The lowest BCUT2D eigenvalue weighted by atomic mass is 10.2. The van der Waals surface area contributed by atoms with Gasteiger partial charge >= 0.3 is 6.03 Å². The van der Waals surface area contributed by atoms with E-state index in [1.54, 1.807) is 0 Å². The van der Waals surface area contributed by atoms with Crippen molar-refractivity contribution in [2.75, 3.05) is 10.2 Å².